The van der Waals surface area contributed by atoms with Crippen LogP contribution in [0.1, 0.15) is 4.88 Å². The molecule has 0 spiro atoms. The monoisotopic (exact) mass is 420 g/mol. The zero-order valence-corrected chi connectivity index (χ0v) is 16.3. The largest absolute Gasteiger partial charge is 0.504 e. The molecule has 0 aliphatic carbocycles. The van der Waals surface area contributed by atoms with Gasteiger partial charge in [-0.2, -0.15) is 0 Å². The molecule has 1 aliphatic rings. The molecule has 2 heterocycles. The highest BCUT2D eigenvalue weighted by atomic mass is 35.5. The zero-order valence-electron chi connectivity index (χ0n) is 13.9. The van der Waals surface area contributed by atoms with Crippen LogP contribution in [0.15, 0.2) is 59.1 Å². The number of aliphatic hydroxyl groups is 1. The summed E-state index contributed by atoms with van der Waals surface area (Å²) in [7, 11) is -2.74. The maximum Gasteiger partial charge on any atom is 0.276 e. The minimum Gasteiger partial charge on any atom is -0.504 e. The average Bonchev–Trinajstić information content (AvgIpc) is 3.03. The number of amides is 1. The highest BCUT2D eigenvalue weighted by Crippen LogP contribution is 2.44. The Kier molecular flexibility index (Phi) is 4.14. The molecule has 0 bridgehead atoms. The van der Waals surface area contributed by atoms with Gasteiger partial charge in [-0.05, 0) is 30.3 Å². The Hall–Kier alpha value is -2.55. The Morgan fingerprint density at radius 3 is 2.52 bits per heavy atom. The maximum absolute atomic E-state index is 13.0. The number of thiophene rings is 1. The molecule has 0 fully saturated rings. The summed E-state index contributed by atoms with van der Waals surface area (Å²) in [5.41, 5.74) is 0.0987. The molecule has 9 heteroatoms. The van der Waals surface area contributed by atoms with E-state index in [1.165, 1.54) is 7.05 Å². The molecule has 3 aromatic rings. The van der Waals surface area contributed by atoms with Gasteiger partial charge in [0.15, 0.2) is 11.5 Å². The van der Waals surface area contributed by atoms with Crippen LogP contribution in [0.3, 0.4) is 0 Å². The maximum atomic E-state index is 13.0. The lowest BCUT2D eigenvalue weighted by atomic mass is 10.2. The molecule has 0 saturated carbocycles. The molecule has 27 heavy (non-hydrogen) atoms. The Morgan fingerprint density at radius 2 is 1.81 bits per heavy atom. The van der Waals surface area contributed by atoms with Gasteiger partial charge in [-0.15, -0.1) is 11.3 Å². The third-order valence-corrected chi connectivity index (χ3v) is 7.64. The molecule has 1 aromatic heterocycles. The van der Waals surface area contributed by atoms with Gasteiger partial charge in [-0.25, -0.2) is 8.42 Å². The lowest BCUT2D eigenvalue weighted by Crippen LogP contribution is -2.36. The number of nitrogens with zero attached hydrogens (tertiary/aromatic N) is 1. The number of carbonyl (C=O) groups excluding carboxylic acids is 1. The van der Waals surface area contributed by atoms with E-state index < -0.39 is 15.9 Å². The SMILES string of the molecule is CN1C(C(=O)Nc2ccc(Cl)cc2)=C(O)c2sc3ccccc3c2S1(=O)=O. The third-order valence-electron chi connectivity index (χ3n) is 4.24. The first-order valence-electron chi connectivity index (χ1n) is 7.81. The van der Waals surface area contributed by atoms with Crippen LogP contribution in [0.5, 0.6) is 0 Å². The van der Waals surface area contributed by atoms with Crippen molar-refractivity contribution in [3.05, 3.63) is 64.1 Å². The number of anilines is 1. The second kappa shape index (κ2) is 6.26. The standard InChI is InChI=1S/C18H13ClN2O4S2/c1-21-14(18(23)20-11-8-6-10(19)7-9-11)15(22)16-17(27(21,24)25)12-4-2-3-5-13(12)26-16/h2-9,22H,1H3,(H,20,23). The van der Waals surface area contributed by atoms with Crippen molar-refractivity contribution in [1.29, 1.82) is 0 Å². The Morgan fingerprint density at radius 1 is 1.15 bits per heavy atom. The van der Waals surface area contributed by atoms with Gasteiger partial charge in [0.05, 0.1) is 4.88 Å². The summed E-state index contributed by atoms with van der Waals surface area (Å²) < 4.78 is 27.6. The van der Waals surface area contributed by atoms with Crippen molar-refractivity contribution in [2.45, 2.75) is 4.90 Å². The topological polar surface area (TPSA) is 86.7 Å². The number of hydrogen-bond donors (Lipinski definition) is 2. The number of likely N-dealkylation sites (N-methyl/N-ethyl adjacent to an activating group) is 1. The molecule has 138 valence electrons. The van der Waals surface area contributed by atoms with E-state index >= 15 is 0 Å². The first-order chi connectivity index (χ1) is 12.8. The van der Waals surface area contributed by atoms with E-state index in [2.05, 4.69) is 5.32 Å². The number of benzene rings is 2. The van der Waals surface area contributed by atoms with Crippen molar-refractivity contribution in [2.24, 2.45) is 0 Å². The van der Waals surface area contributed by atoms with E-state index in [9.17, 15) is 18.3 Å². The molecule has 0 atom stereocenters. The fourth-order valence-corrected chi connectivity index (χ4v) is 6.07. The minimum absolute atomic E-state index is 0.0196. The van der Waals surface area contributed by atoms with Crippen LogP contribution >= 0.6 is 22.9 Å². The van der Waals surface area contributed by atoms with Gasteiger partial charge >= 0.3 is 0 Å². The number of aliphatic hydroxyl groups excluding tert-OH is 1. The summed E-state index contributed by atoms with van der Waals surface area (Å²) in [6, 6.07) is 13.3. The minimum atomic E-state index is -3.99. The van der Waals surface area contributed by atoms with Gasteiger partial charge < -0.3 is 10.4 Å². The summed E-state index contributed by atoms with van der Waals surface area (Å²) in [4.78, 5) is 12.9. The predicted molar refractivity (Wildman–Crippen MR) is 106 cm³/mol. The lowest BCUT2D eigenvalue weighted by molar-refractivity contribution is -0.113. The van der Waals surface area contributed by atoms with Gasteiger partial charge in [-0.1, -0.05) is 29.8 Å². The number of hydrogen-bond acceptors (Lipinski definition) is 5. The highest BCUT2D eigenvalue weighted by molar-refractivity contribution is 7.89. The van der Waals surface area contributed by atoms with Crippen LogP contribution in [0.2, 0.25) is 5.02 Å². The summed E-state index contributed by atoms with van der Waals surface area (Å²) in [5.74, 6) is -1.10. The molecule has 2 N–H and O–H groups in total. The number of sulfonamides is 1. The van der Waals surface area contributed by atoms with E-state index in [0.717, 1.165) is 15.6 Å². The van der Waals surface area contributed by atoms with Crippen LogP contribution < -0.4 is 5.32 Å². The van der Waals surface area contributed by atoms with Crippen LogP contribution in [-0.4, -0.2) is 30.8 Å². The fourth-order valence-electron chi connectivity index (χ4n) is 2.92. The number of carbonyl (C=O) groups is 1. The van der Waals surface area contributed by atoms with Crippen molar-refractivity contribution in [2.75, 3.05) is 12.4 Å². The number of rotatable bonds is 2. The number of nitrogens with one attached hydrogen (secondary N) is 1. The smallest absolute Gasteiger partial charge is 0.276 e. The fraction of sp³-hybridized carbons (Fsp3) is 0.0556. The van der Waals surface area contributed by atoms with Crippen LogP contribution in [-0.2, 0) is 14.8 Å². The highest BCUT2D eigenvalue weighted by Gasteiger charge is 2.40. The summed E-state index contributed by atoms with van der Waals surface area (Å²) in [6.45, 7) is 0. The van der Waals surface area contributed by atoms with Crippen molar-refractivity contribution >= 4 is 60.4 Å². The lowest BCUT2D eigenvalue weighted by Gasteiger charge is -2.27. The summed E-state index contributed by atoms with van der Waals surface area (Å²) in [5, 5.41) is 14.3. The second-order valence-electron chi connectivity index (χ2n) is 5.89. The van der Waals surface area contributed by atoms with Crippen molar-refractivity contribution < 1.29 is 18.3 Å². The van der Waals surface area contributed by atoms with E-state index in [1.807, 2.05) is 0 Å². The Labute approximate surface area is 164 Å². The van der Waals surface area contributed by atoms with E-state index in [-0.39, 0.29) is 21.2 Å². The van der Waals surface area contributed by atoms with Gasteiger partial charge in [0.1, 0.15) is 4.90 Å². The van der Waals surface area contributed by atoms with Gasteiger partial charge in [0, 0.05) is 27.8 Å². The summed E-state index contributed by atoms with van der Waals surface area (Å²) in [6.07, 6.45) is 0. The Balaban J connectivity index is 1.86. The molecule has 0 saturated heterocycles. The first kappa shape index (κ1) is 17.8. The van der Waals surface area contributed by atoms with Gasteiger partial charge in [-0.3, -0.25) is 9.10 Å². The summed E-state index contributed by atoms with van der Waals surface area (Å²) >= 11 is 6.96. The Bertz CT molecular complexity index is 1210. The average molecular weight is 421 g/mol. The molecule has 6 nitrogen and oxygen atoms in total. The van der Waals surface area contributed by atoms with E-state index in [0.29, 0.717) is 20.8 Å². The van der Waals surface area contributed by atoms with Gasteiger partial charge in [0.25, 0.3) is 15.9 Å². The zero-order chi connectivity index (χ0) is 19.3. The number of fused-ring (bicyclic) bond motifs is 3. The van der Waals surface area contributed by atoms with Crippen molar-refractivity contribution in [3.8, 4) is 0 Å². The normalized spacial score (nSPS) is 15.7. The molecule has 0 radical (unpaired) electrons. The van der Waals surface area contributed by atoms with Crippen molar-refractivity contribution in [3.63, 3.8) is 0 Å². The van der Waals surface area contributed by atoms with Crippen LogP contribution in [0.4, 0.5) is 5.69 Å². The van der Waals surface area contributed by atoms with Crippen LogP contribution in [0.25, 0.3) is 15.8 Å². The second-order valence-corrected chi connectivity index (χ2v) is 9.28. The van der Waals surface area contributed by atoms with E-state index in [1.54, 1.807) is 48.5 Å². The molecule has 0 unspecified atom stereocenters. The quantitative estimate of drug-likeness (QED) is 0.654. The molecule has 4 rings (SSSR count). The van der Waals surface area contributed by atoms with E-state index in [4.69, 9.17) is 11.6 Å². The number of halogens is 1. The molecule has 1 aliphatic heterocycles. The van der Waals surface area contributed by atoms with Crippen molar-refractivity contribution in [1.82, 2.24) is 4.31 Å². The first-order valence-corrected chi connectivity index (χ1v) is 10.4. The van der Waals surface area contributed by atoms with Gasteiger partial charge in [0.2, 0.25) is 0 Å². The molecular formula is C18H13ClN2O4S2. The predicted octanol–water partition coefficient (Wildman–Crippen LogP) is 4.05. The third kappa shape index (κ3) is 2.77. The molecule has 2 aromatic carbocycles. The molecule has 1 amide bonds. The van der Waals surface area contributed by atoms with Crippen LogP contribution in [0, 0.1) is 0 Å². The molecular weight excluding hydrogens is 408 g/mol.